The van der Waals surface area contributed by atoms with Crippen molar-refractivity contribution in [2.24, 2.45) is 0 Å². The lowest BCUT2D eigenvalue weighted by atomic mass is 10.0. The molecule has 2 aromatic rings. The average molecular weight is 370 g/mol. The Labute approximate surface area is 148 Å². The molecule has 5 nitrogen and oxygen atoms in total. The Balaban J connectivity index is 2.13. The van der Waals surface area contributed by atoms with Crippen LogP contribution in [0.2, 0.25) is 10.3 Å². The number of imide groups is 1. The highest BCUT2D eigenvalue weighted by molar-refractivity contribution is 6.35. The van der Waals surface area contributed by atoms with Crippen molar-refractivity contribution in [1.29, 1.82) is 0 Å². The van der Waals surface area contributed by atoms with Crippen LogP contribution in [0, 0.1) is 5.82 Å². The van der Waals surface area contributed by atoms with Crippen LogP contribution in [0.3, 0.4) is 0 Å². The van der Waals surface area contributed by atoms with Crippen LogP contribution in [-0.4, -0.2) is 16.9 Å². The van der Waals surface area contributed by atoms with Crippen LogP contribution >= 0.6 is 23.2 Å². The molecule has 24 heavy (non-hydrogen) atoms. The van der Waals surface area contributed by atoms with E-state index in [-0.39, 0.29) is 16.6 Å². The quantitative estimate of drug-likeness (QED) is 0.775. The summed E-state index contributed by atoms with van der Waals surface area (Å²) < 4.78 is 13.4. The first kappa shape index (κ1) is 18.2. The fourth-order valence-electron chi connectivity index (χ4n) is 2.04. The van der Waals surface area contributed by atoms with Gasteiger partial charge in [-0.2, -0.15) is 0 Å². The molecule has 1 aromatic carbocycles. The predicted octanol–water partition coefficient (Wildman–Crippen LogP) is 4.61. The molecule has 0 fully saturated rings. The lowest BCUT2D eigenvalue weighted by molar-refractivity contribution is 0.0966. The fourth-order valence-corrected chi connectivity index (χ4v) is 2.45. The minimum absolute atomic E-state index is 0.182. The van der Waals surface area contributed by atoms with Gasteiger partial charge in [-0.1, -0.05) is 55.2 Å². The molecule has 0 aliphatic heterocycles. The number of anilines is 1. The Hall–Kier alpha value is -2.18. The number of benzene rings is 1. The summed E-state index contributed by atoms with van der Waals surface area (Å²) in [5.74, 6) is -1.61. The molecule has 0 atom stereocenters. The number of halogens is 3. The fraction of sp³-hybridized carbons (Fsp3) is 0.188. The smallest absolute Gasteiger partial charge is 0.307 e. The topological polar surface area (TPSA) is 71.1 Å². The first-order valence-electron chi connectivity index (χ1n) is 7.02. The number of para-hydroxylation sites is 1. The lowest BCUT2D eigenvalue weighted by Crippen LogP contribution is -2.35. The van der Waals surface area contributed by atoms with Crippen LogP contribution in [0.4, 0.5) is 14.9 Å². The molecule has 0 spiro atoms. The molecular formula is C16H14Cl2FN3O2. The van der Waals surface area contributed by atoms with E-state index in [0.29, 0.717) is 5.69 Å². The Morgan fingerprint density at radius 2 is 1.83 bits per heavy atom. The summed E-state index contributed by atoms with van der Waals surface area (Å²) in [6.07, 6.45) is 0. The van der Waals surface area contributed by atoms with Gasteiger partial charge in [-0.05, 0) is 23.6 Å². The van der Waals surface area contributed by atoms with Gasteiger partial charge < -0.3 is 5.32 Å². The van der Waals surface area contributed by atoms with Crippen molar-refractivity contribution in [1.82, 2.24) is 10.3 Å². The second-order valence-corrected chi connectivity index (χ2v) is 5.97. The molecule has 2 rings (SSSR count). The van der Waals surface area contributed by atoms with Crippen LogP contribution in [-0.2, 0) is 0 Å². The highest BCUT2D eigenvalue weighted by atomic mass is 35.5. The van der Waals surface area contributed by atoms with Crippen molar-refractivity contribution in [2.45, 2.75) is 19.8 Å². The van der Waals surface area contributed by atoms with Crippen molar-refractivity contribution in [2.75, 3.05) is 5.32 Å². The van der Waals surface area contributed by atoms with E-state index in [1.165, 1.54) is 0 Å². The summed E-state index contributed by atoms with van der Waals surface area (Å²) >= 11 is 11.2. The standard InChI is InChI=1S/C16H14Cl2FN3O2/c1-8(2)9-5-3-4-6-12(9)20-16(24)22-15(23)10-7-11(19)14(18)21-13(10)17/h3-8H,1-2H3,(H2,20,22,23,24). The SMILES string of the molecule is CC(C)c1ccccc1NC(=O)NC(=O)c1cc(F)c(Cl)nc1Cl. The maximum Gasteiger partial charge on any atom is 0.326 e. The molecule has 2 N–H and O–H groups in total. The van der Waals surface area contributed by atoms with Gasteiger partial charge in [-0.3, -0.25) is 10.1 Å². The minimum Gasteiger partial charge on any atom is -0.307 e. The molecule has 0 radical (unpaired) electrons. The van der Waals surface area contributed by atoms with Crippen molar-refractivity contribution < 1.29 is 14.0 Å². The zero-order valence-electron chi connectivity index (χ0n) is 12.9. The molecule has 0 unspecified atom stereocenters. The molecule has 0 saturated carbocycles. The van der Waals surface area contributed by atoms with Gasteiger partial charge in [-0.25, -0.2) is 14.2 Å². The number of hydrogen-bond donors (Lipinski definition) is 2. The highest BCUT2D eigenvalue weighted by Crippen LogP contribution is 2.24. The van der Waals surface area contributed by atoms with Crippen molar-refractivity contribution in [3.05, 3.63) is 57.6 Å². The van der Waals surface area contributed by atoms with E-state index >= 15 is 0 Å². The molecule has 0 aliphatic carbocycles. The molecular weight excluding hydrogens is 356 g/mol. The van der Waals surface area contributed by atoms with Gasteiger partial charge in [0.05, 0.1) is 5.56 Å². The third-order valence-corrected chi connectivity index (χ3v) is 3.74. The van der Waals surface area contributed by atoms with Gasteiger partial charge in [0.25, 0.3) is 5.91 Å². The summed E-state index contributed by atoms with van der Waals surface area (Å²) in [6, 6.07) is 7.26. The van der Waals surface area contributed by atoms with E-state index in [9.17, 15) is 14.0 Å². The molecule has 8 heteroatoms. The summed E-state index contributed by atoms with van der Waals surface area (Å²) in [6.45, 7) is 3.96. The van der Waals surface area contributed by atoms with Gasteiger partial charge in [0, 0.05) is 5.69 Å². The van der Waals surface area contributed by atoms with Gasteiger partial charge in [0.2, 0.25) is 0 Å². The average Bonchev–Trinajstić information content (AvgIpc) is 2.50. The number of aromatic nitrogens is 1. The molecule has 1 heterocycles. The van der Waals surface area contributed by atoms with Gasteiger partial charge >= 0.3 is 6.03 Å². The maximum absolute atomic E-state index is 13.4. The van der Waals surface area contributed by atoms with E-state index in [4.69, 9.17) is 23.2 Å². The van der Waals surface area contributed by atoms with Crippen molar-refractivity contribution >= 4 is 40.8 Å². The maximum atomic E-state index is 13.4. The Morgan fingerprint density at radius 1 is 1.17 bits per heavy atom. The molecule has 3 amide bonds. The number of urea groups is 1. The van der Waals surface area contributed by atoms with Crippen molar-refractivity contribution in [3.63, 3.8) is 0 Å². The van der Waals surface area contributed by atoms with E-state index in [1.54, 1.807) is 12.1 Å². The molecule has 126 valence electrons. The van der Waals surface area contributed by atoms with E-state index in [0.717, 1.165) is 11.6 Å². The van der Waals surface area contributed by atoms with Crippen LogP contribution in [0.5, 0.6) is 0 Å². The van der Waals surface area contributed by atoms with Gasteiger partial charge in [0.1, 0.15) is 5.15 Å². The Bertz CT molecular complexity index is 797. The second kappa shape index (κ2) is 7.59. The number of hydrogen-bond acceptors (Lipinski definition) is 3. The number of nitrogens with zero attached hydrogens (tertiary/aromatic N) is 1. The third kappa shape index (κ3) is 4.21. The Morgan fingerprint density at radius 3 is 2.50 bits per heavy atom. The van der Waals surface area contributed by atoms with E-state index in [1.807, 2.05) is 26.0 Å². The highest BCUT2D eigenvalue weighted by Gasteiger charge is 2.18. The number of rotatable bonds is 3. The van der Waals surface area contributed by atoms with E-state index in [2.05, 4.69) is 15.6 Å². The third-order valence-electron chi connectivity index (χ3n) is 3.19. The first-order valence-corrected chi connectivity index (χ1v) is 7.78. The number of amides is 3. The molecule has 1 aromatic heterocycles. The van der Waals surface area contributed by atoms with Crippen LogP contribution < -0.4 is 10.6 Å². The summed E-state index contributed by atoms with van der Waals surface area (Å²) in [5, 5.41) is 3.91. The largest absolute Gasteiger partial charge is 0.326 e. The summed E-state index contributed by atoms with van der Waals surface area (Å²) in [4.78, 5) is 27.5. The van der Waals surface area contributed by atoms with Gasteiger partial charge in [-0.15, -0.1) is 0 Å². The first-order chi connectivity index (χ1) is 11.3. The van der Waals surface area contributed by atoms with Crippen LogP contribution in [0.1, 0.15) is 35.7 Å². The number of pyridine rings is 1. The monoisotopic (exact) mass is 369 g/mol. The normalized spacial score (nSPS) is 10.6. The molecule has 0 bridgehead atoms. The zero-order valence-corrected chi connectivity index (χ0v) is 14.4. The lowest BCUT2D eigenvalue weighted by Gasteiger charge is -2.14. The number of nitrogens with one attached hydrogen (secondary N) is 2. The molecule has 0 saturated heterocycles. The number of carbonyl (C=O) groups excluding carboxylic acids is 2. The van der Waals surface area contributed by atoms with E-state index < -0.39 is 22.9 Å². The Kier molecular flexibility index (Phi) is 5.75. The summed E-state index contributed by atoms with van der Waals surface area (Å²) in [5.41, 5.74) is 1.20. The predicted molar refractivity (Wildman–Crippen MR) is 91.2 cm³/mol. The molecule has 0 aliphatic rings. The second-order valence-electron chi connectivity index (χ2n) is 5.25. The van der Waals surface area contributed by atoms with Crippen molar-refractivity contribution in [3.8, 4) is 0 Å². The van der Waals surface area contributed by atoms with Gasteiger partial charge in [0.15, 0.2) is 11.0 Å². The zero-order chi connectivity index (χ0) is 17.9. The van der Waals surface area contributed by atoms with Crippen LogP contribution in [0.25, 0.3) is 0 Å². The minimum atomic E-state index is -0.906. The summed E-state index contributed by atoms with van der Waals surface area (Å²) in [7, 11) is 0. The van der Waals surface area contributed by atoms with Crippen LogP contribution in [0.15, 0.2) is 30.3 Å². The number of carbonyl (C=O) groups is 2.